The van der Waals surface area contributed by atoms with Crippen LogP contribution >= 0.6 is 0 Å². The van der Waals surface area contributed by atoms with E-state index in [-0.39, 0.29) is 5.54 Å². The van der Waals surface area contributed by atoms with Crippen molar-refractivity contribution in [2.75, 3.05) is 13.1 Å². The Morgan fingerprint density at radius 3 is 2.11 bits per heavy atom. The standard InChI is InChI=1S/C17H32N2/c1-16(2)9-3-4-10-17(16,12-18)19-11-15(13-5-6-13)14-7-8-14/h13-15,19H,3-12,18H2,1-2H3. The quantitative estimate of drug-likeness (QED) is 0.772. The van der Waals surface area contributed by atoms with Gasteiger partial charge < -0.3 is 11.1 Å². The predicted octanol–water partition coefficient (Wildman–Crippen LogP) is 3.31. The largest absolute Gasteiger partial charge is 0.329 e. The fourth-order valence-electron chi connectivity index (χ4n) is 4.43. The van der Waals surface area contributed by atoms with Crippen LogP contribution in [0.1, 0.15) is 65.2 Å². The number of nitrogens with one attached hydrogen (secondary N) is 1. The number of nitrogens with two attached hydrogens (primary N) is 1. The molecule has 0 radical (unpaired) electrons. The molecule has 0 heterocycles. The van der Waals surface area contributed by atoms with Gasteiger partial charge in [0.2, 0.25) is 0 Å². The van der Waals surface area contributed by atoms with Gasteiger partial charge in [0.25, 0.3) is 0 Å². The van der Waals surface area contributed by atoms with Gasteiger partial charge in [0.1, 0.15) is 0 Å². The molecule has 2 heteroatoms. The molecule has 0 aromatic heterocycles. The molecule has 0 aromatic rings. The van der Waals surface area contributed by atoms with Crippen LogP contribution in [-0.2, 0) is 0 Å². The highest BCUT2D eigenvalue weighted by molar-refractivity contribution is 5.05. The molecular formula is C17H32N2. The second kappa shape index (κ2) is 5.04. The topological polar surface area (TPSA) is 38.0 Å². The molecule has 3 N–H and O–H groups in total. The molecule has 19 heavy (non-hydrogen) atoms. The van der Waals surface area contributed by atoms with Crippen LogP contribution < -0.4 is 11.1 Å². The molecule has 110 valence electrons. The van der Waals surface area contributed by atoms with E-state index in [2.05, 4.69) is 19.2 Å². The molecule has 0 amide bonds. The summed E-state index contributed by atoms with van der Waals surface area (Å²) in [6.45, 7) is 6.89. The van der Waals surface area contributed by atoms with Gasteiger partial charge in [-0.25, -0.2) is 0 Å². The van der Waals surface area contributed by atoms with Crippen LogP contribution in [0.2, 0.25) is 0 Å². The Morgan fingerprint density at radius 2 is 1.63 bits per heavy atom. The lowest BCUT2D eigenvalue weighted by atomic mass is 9.63. The molecule has 3 aliphatic carbocycles. The molecule has 0 aromatic carbocycles. The van der Waals surface area contributed by atoms with E-state index in [0.717, 1.165) is 24.3 Å². The minimum Gasteiger partial charge on any atom is -0.329 e. The predicted molar refractivity (Wildman–Crippen MR) is 81.0 cm³/mol. The van der Waals surface area contributed by atoms with Crippen LogP contribution in [0.3, 0.4) is 0 Å². The van der Waals surface area contributed by atoms with Gasteiger partial charge in [-0.05, 0) is 68.2 Å². The Balaban J connectivity index is 1.64. The Kier molecular flexibility index (Phi) is 3.68. The Bertz CT molecular complexity index is 305. The second-order valence-electron chi connectivity index (χ2n) is 8.10. The van der Waals surface area contributed by atoms with Crippen molar-refractivity contribution in [2.24, 2.45) is 28.9 Å². The van der Waals surface area contributed by atoms with Crippen LogP contribution in [0.25, 0.3) is 0 Å². The van der Waals surface area contributed by atoms with E-state index in [1.807, 2.05) is 0 Å². The van der Waals surface area contributed by atoms with Crippen molar-refractivity contribution < 1.29 is 0 Å². The normalized spacial score (nSPS) is 34.7. The third-order valence-corrected chi connectivity index (χ3v) is 6.43. The van der Waals surface area contributed by atoms with Crippen molar-refractivity contribution in [1.29, 1.82) is 0 Å². The highest BCUT2D eigenvalue weighted by atomic mass is 15.0. The fraction of sp³-hybridized carbons (Fsp3) is 1.00. The molecule has 2 nitrogen and oxygen atoms in total. The van der Waals surface area contributed by atoms with E-state index in [1.54, 1.807) is 0 Å². The zero-order chi connectivity index (χ0) is 13.5. The first-order valence-corrected chi connectivity index (χ1v) is 8.53. The maximum atomic E-state index is 6.22. The summed E-state index contributed by atoms with van der Waals surface area (Å²) in [5.74, 6) is 3.05. The van der Waals surface area contributed by atoms with Gasteiger partial charge >= 0.3 is 0 Å². The average Bonchev–Trinajstić information content (AvgIpc) is 3.25. The molecule has 3 rings (SSSR count). The maximum absolute atomic E-state index is 6.22. The fourth-order valence-corrected chi connectivity index (χ4v) is 4.43. The molecule has 0 aliphatic heterocycles. The lowest BCUT2D eigenvalue weighted by molar-refractivity contribution is 0.0626. The zero-order valence-corrected chi connectivity index (χ0v) is 12.9. The molecular weight excluding hydrogens is 232 g/mol. The molecule has 3 saturated carbocycles. The molecule has 0 spiro atoms. The highest BCUT2D eigenvalue weighted by Crippen LogP contribution is 2.50. The molecule has 0 bridgehead atoms. The number of hydrogen-bond donors (Lipinski definition) is 2. The SMILES string of the molecule is CC1(C)CCCCC1(CN)NCC(C1CC1)C1CC1. The van der Waals surface area contributed by atoms with Crippen LogP contribution in [0.4, 0.5) is 0 Å². The zero-order valence-electron chi connectivity index (χ0n) is 12.9. The summed E-state index contributed by atoms with van der Waals surface area (Å²) in [6.07, 6.45) is 11.3. The van der Waals surface area contributed by atoms with E-state index < -0.39 is 0 Å². The smallest absolute Gasteiger partial charge is 0.0355 e. The minimum atomic E-state index is 0.202. The first-order chi connectivity index (χ1) is 9.08. The van der Waals surface area contributed by atoms with E-state index in [1.165, 1.54) is 57.9 Å². The van der Waals surface area contributed by atoms with Crippen molar-refractivity contribution in [3.63, 3.8) is 0 Å². The lowest BCUT2D eigenvalue weighted by Gasteiger charge is -2.51. The average molecular weight is 264 g/mol. The number of rotatable bonds is 6. The van der Waals surface area contributed by atoms with E-state index >= 15 is 0 Å². The van der Waals surface area contributed by atoms with Crippen molar-refractivity contribution in [3.8, 4) is 0 Å². The summed E-state index contributed by atoms with van der Waals surface area (Å²) in [4.78, 5) is 0. The summed E-state index contributed by atoms with van der Waals surface area (Å²) < 4.78 is 0. The van der Waals surface area contributed by atoms with Crippen LogP contribution in [-0.4, -0.2) is 18.6 Å². The Hall–Kier alpha value is -0.0800. The van der Waals surface area contributed by atoms with Gasteiger partial charge in [-0.2, -0.15) is 0 Å². The molecule has 1 atom stereocenters. The van der Waals surface area contributed by atoms with Gasteiger partial charge in [0.15, 0.2) is 0 Å². The first kappa shape index (κ1) is 13.9. The third kappa shape index (κ3) is 2.71. The number of hydrogen-bond acceptors (Lipinski definition) is 2. The van der Waals surface area contributed by atoms with Gasteiger partial charge in [0, 0.05) is 12.1 Å². The summed E-state index contributed by atoms with van der Waals surface area (Å²) in [5, 5.41) is 3.99. The van der Waals surface area contributed by atoms with Gasteiger partial charge in [-0.1, -0.05) is 26.7 Å². The van der Waals surface area contributed by atoms with Crippen LogP contribution in [0.5, 0.6) is 0 Å². The van der Waals surface area contributed by atoms with Crippen molar-refractivity contribution in [2.45, 2.75) is 70.8 Å². The summed E-state index contributed by atoms with van der Waals surface area (Å²) in [5.41, 5.74) is 6.78. The van der Waals surface area contributed by atoms with Crippen molar-refractivity contribution in [1.82, 2.24) is 5.32 Å². The first-order valence-electron chi connectivity index (χ1n) is 8.53. The van der Waals surface area contributed by atoms with Crippen LogP contribution in [0, 0.1) is 23.2 Å². The summed E-state index contributed by atoms with van der Waals surface area (Å²) >= 11 is 0. The summed E-state index contributed by atoms with van der Waals surface area (Å²) in [6, 6.07) is 0. The van der Waals surface area contributed by atoms with Crippen molar-refractivity contribution >= 4 is 0 Å². The monoisotopic (exact) mass is 264 g/mol. The molecule has 3 fully saturated rings. The van der Waals surface area contributed by atoms with Gasteiger partial charge in [0.05, 0.1) is 0 Å². The van der Waals surface area contributed by atoms with E-state index in [4.69, 9.17) is 5.73 Å². The molecule has 3 aliphatic rings. The second-order valence-corrected chi connectivity index (χ2v) is 8.10. The van der Waals surface area contributed by atoms with E-state index in [9.17, 15) is 0 Å². The summed E-state index contributed by atoms with van der Waals surface area (Å²) in [7, 11) is 0. The Labute approximate surface area is 118 Å². The Morgan fingerprint density at radius 1 is 1.05 bits per heavy atom. The molecule has 0 saturated heterocycles. The van der Waals surface area contributed by atoms with Crippen LogP contribution in [0.15, 0.2) is 0 Å². The lowest BCUT2D eigenvalue weighted by Crippen LogP contribution is -2.63. The van der Waals surface area contributed by atoms with E-state index in [0.29, 0.717) is 5.41 Å². The van der Waals surface area contributed by atoms with Gasteiger partial charge in [-0.15, -0.1) is 0 Å². The maximum Gasteiger partial charge on any atom is 0.0355 e. The van der Waals surface area contributed by atoms with Crippen molar-refractivity contribution in [3.05, 3.63) is 0 Å². The highest BCUT2D eigenvalue weighted by Gasteiger charge is 2.47. The van der Waals surface area contributed by atoms with Gasteiger partial charge in [-0.3, -0.25) is 0 Å². The minimum absolute atomic E-state index is 0.202. The molecule has 1 unspecified atom stereocenters. The third-order valence-electron chi connectivity index (χ3n) is 6.43.